The van der Waals surface area contributed by atoms with E-state index in [1.807, 2.05) is 0 Å². The van der Waals surface area contributed by atoms with Crippen molar-refractivity contribution >= 4 is 7.12 Å². The first-order chi connectivity index (χ1) is 14.7. The van der Waals surface area contributed by atoms with Gasteiger partial charge in [0.05, 0.1) is 0 Å². The zero-order valence-electron chi connectivity index (χ0n) is 18.0. The van der Waals surface area contributed by atoms with Gasteiger partial charge in [-0.1, -0.05) is 85.9 Å². The average Bonchev–Trinajstić information content (AvgIpc) is 2.94. The fourth-order valence-electron chi connectivity index (χ4n) is 7.08. The highest BCUT2D eigenvalue weighted by Gasteiger charge is 2.47. The molecule has 5 unspecified atom stereocenters. The summed E-state index contributed by atoms with van der Waals surface area (Å²) in [6, 6.07) is 10.9. The van der Waals surface area contributed by atoms with Crippen LogP contribution in [-0.2, 0) is 0 Å². The first-order valence-corrected chi connectivity index (χ1v) is 12.2. The summed E-state index contributed by atoms with van der Waals surface area (Å²) >= 11 is 0. The average molecular weight is 402 g/mol. The Hall–Kier alpha value is -1.58. The van der Waals surface area contributed by atoms with Gasteiger partial charge in [-0.15, -0.1) is 0 Å². The van der Waals surface area contributed by atoms with E-state index >= 15 is 0 Å². The van der Waals surface area contributed by atoms with Gasteiger partial charge in [0.2, 0.25) is 0 Å². The molecule has 1 aromatic carbocycles. The molecule has 5 rings (SSSR count). The van der Waals surface area contributed by atoms with Crippen molar-refractivity contribution in [2.45, 2.75) is 69.5 Å². The Labute approximate surface area is 181 Å². The lowest BCUT2D eigenvalue weighted by Crippen LogP contribution is -2.37. The molecule has 30 heavy (non-hydrogen) atoms. The molecule has 0 heterocycles. The lowest BCUT2D eigenvalue weighted by molar-refractivity contribution is 0.144. The largest absolute Gasteiger partial charge is 0.459 e. The quantitative estimate of drug-likeness (QED) is 0.477. The van der Waals surface area contributed by atoms with Crippen molar-refractivity contribution in [2.75, 3.05) is 0 Å². The smallest absolute Gasteiger partial charge is 0.427 e. The summed E-state index contributed by atoms with van der Waals surface area (Å²) in [5.41, 5.74) is 4.46. The maximum absolute atomic E-state index is 10.3. The van der Waals surface area contributed by atoms with Crippen LogP contribution in [0.3, 0.4) is 0 Å². The third kappa shape index (κ3) is 3.87. The highest BCUT2D eigenvalue weighted by Crippen LogP contribution is 2.55. The minimum atomic E-state index is -1.22. The highest BCUT2D eigenvalue weighted by molar-refractivity contribution is 6.44. The molecule has 1 aromatic rings. The second-order valence-corrected chi connectivity index (χ2v) is 10.0. The van der Waals surface area contributed by atoms with Crippen molar-refractivity contribution in [3.63, 3.8) is 0 Å². The van der Waals surface area contributed by atoms with Crippen molar-refractivity contribution in [2.24, 2.45) is 23.7 Å². The lowest BCUT2D eigenvalue weighted by atomic mass is 9.56. The Bertz CT molecular complexity index is 825. The summed E-state index contributed by atoms with van der Waals surface area (Å²) in [7, 11) is -1.22. The Morgan fingerprint density at radius 2 is 1.63 bits per heavy atom. The summed E-state index contributed by atoms with van der Waals surface area (Å²) in [5, 5.41) is 20.5. The number of rotatable bonds is 3. The van der Waals surface area contributed by atoms with Crippen molar-refractivity contribution in [1.29, 1.82) is 0 Å². The van der Waals surface area contributed by atoms with Gasteiger partial charge in [-0.25, -0.2) is 0 Å². The Balaban J connectivity index is 1.47. The normalized spacial score (nSPS) is 36.1. The maximum Gasteiger partial charge on any atom is 0.459 e. The van der Waals surface area contributed by atoms with Gasteiger partial charge in [0, 0.05) is 11.7 Å². The van der Waals surface area contributed by atoms with Crippen molar-refractivity contribution < 1.29 is 10.0 Å². The van der Waals surface area contributed by atoms with E-state index < -0.39 is 7.12 Å². The minimum absolute atomic E-state index is 0.0823. The molecule has 4 aliphatic carbocycles. The molecule has 0 bridgehead atoms. The van der Waals surface area contributed by atoms with Gasteiger partial charge in [0.15, 0.2) is 0 Å². The molecular formula is C27H35BO2. The molecule has 2 nitrogen and oxygen atoms in total. The van der Waals surface area contributed by atoms with E-state index in [4.69, 9.17) is 0 Å². The SMILES string of the molecule is OB(O)C1C=C2CCCC[C@@H]2C(C2=CCC(c3ccccc3)C=C2)C2CCCCC12. The van der Waals surface area contributed by atoms with Crippen LogP contribution >= 0.6 is 0 Å². The molecule has 158 valence electrons. The minimum Gasteiger partial charge on any atom is -0.427 e. The van der Waals surface area contributed by atoms with E-state index in [9.17, 15) is 10.0 Å². The number of benzene rings is 1. The molecule has 0 spiro atoms. The van der Waals surface area contributed by atoms with E-state index in [0.717, 1.165) is 19.3 Å². The summed E-state index contributed by atoms with van der Waals surface area (Å²) < 4.78 is 0. The van der Waals surface area contributed by atoms with Gasteiger partial charge in [0.1, 0.15) is 0 Å². The van der Waals surface area contributed by atoms with Crippen molar-refractivity contribution in [3.8, 4) is 0 Å². The maximum atomic E-state index is 10.3. The van der Waals surface area contributed by atoms with Crippen LogP contribution < -0.4 is 0 Å². The highest BCUT2D eigenvalue weighted by atomic mass is 16.4. The molecule has 6 atom stereocenters. The summed E-state index contributed by atoms with van der Waals surface area (Å²) in [6.07, 6.45) is 20.7. The van der Waals surface area contributed by atoms with Gasteiger partial charge < -0.3 is 10.0 Å². The molecule has 0 radical (unpaired) electrons. The number of fused-ring (bicyclic) bond motifs is 2. The van der Waals surface area contributed by atoms with Gasteiger partial charge in [-0.3, -0.25) is 0 Å². The molecule has 2 fully saturated rings. The van der Waals surface area contributed by atoms with Gasteiger partial charge in [-0.2, -0.15) is 0 Å². The van der Waals surface area contributed by atoms with Crippen LogP contribution in [0.15, 0.2) is 65.8 Å². The molecule has 2 saturated carbocycles. The fourth-order valence-corrected chi connectivity index (χ4v) is 7.08. The summed E-state index contributed by atoms with van der Waals surface area (Å²) in [6.45, 7) is 0. The molecule has 4 aliphatic rings. The number of allylic oxidation sites excluding steroid dienone is 6. The van der Waals surface area contributed by atoms with E-state index in [-0.39, 0.29) is 5.82 Å². The zero-order valence-corrected chi connectivity index (χ0v) is 18.0. The summed E-state index contributed by atoms with van der Waals surface area (Å²) in [5.74, 6) is 2.53. The predicted octanol–water partition coefficient (Wildman–Crippen LogP) is 6.05. The molecule has 0 saturated heterocycles. The first kappa shape index (κ1) is 20.3. The van der Waals surface area contributed by atoms with Crippen molar-refractivity contribution in [3.05, 3.63) is 71.3 Å². The Kier molecular flexibility index (Phi) is 6.02. The Morgan fingerprint density at radius 1 is 0.867 bits per heavy atom. The van der Waals surface area contributed by atoms with E-state index in [1.54, 1.807) is 0 Å². The standard InChI is InChI=1S/C27H35BO2/c29-28(30)26-18-22-10-4-5-11-23(22)27(25-13-7-6-12-24(25)26)21-16-14-20(15-17-21)19-8-2-1-3-9-19/h1-3,8-9,14,16-18,20,23-27,29-30H,4-7,10-13,15H2/t20?,23-,24?,25?,26?,27?/m0/s1. The van der Waals surface area contributed by atoms with Crippen LogP contribution in [0.25, 0.3) is 0 Å². The van der Waals surface area contributed by atoms with Gasteiger partial charge in [-0.05, 0) is 66.9 Å². The van der Waals surface area contributed by atoms with E-state index in [1.165, 1.54) is 55.2 Å². The van der Waals surface area contributed by atoms with Crippen LogP contribution in [0.2, 0.25) is 5.82 Å². The van der Waals surface area contributed by atoms with E-state index in [0.29, 0.717) is 29.6 Å². The number of hydrogen-bond acceptors (Lipinski definition) is 2. The van der Waals surface area contributed by atoms with Gasteiger partial charge >= 0.3 is 7.12 Å². The molecular weight excluding hydrogens is 367 g/mol. The van der Waals surface area contributed by atoms with E-state index in [2.05, 4.69) is 54.6 Å². The molecule has 3 heteroatoms. The predicted molar refractivity (Wildman–Crippen MR) is 124 cm³/mol. The Morgan fingerprint density at radius 3 is 2.37 bits per heavy atom. The molecule has 0 aromatic heterocycles. The topological polar surface area (TPSA) is 40.5 Å². The fraction of sp³-hybridized carbons (Fsp3) is 0.556. The zero-order chi connectivity index (χ0) is 20.5. The van der Waals surface area contributed by atoms with Crippen LogP contribution in [0.4, 0.5) is 0 Å². The molecule has 0 aliphatic heterocycles. The lowest BCUT2D eigenvalue weighted by Gasteiger charge is -2.43. The van der Waals surface area contributed by atoms with Gasteiger partial charge in [0.25, 0.3) is 0 Å². The molecule has 2 N–H and O–H groups in total. The van der Waals surface area contributed by atoms with Crippen LogP contribution in [0, 0.1) is 23.7 Å². The second-order valence-electron chi connectivity index (χ2n) is 10.0. The third-order valence-corrected chi connectivity index (χ3v) is 8.46. The second kappa shape index (κ2) is 8.89. The van der Waals surface area contributed by atoms with Crippen molar-refractivity contribution in [1.82, 2.24) is 0 Å². The molecule has 0 amide bonds. The summed E-state index contributed by atoms with van der Waals surface area (Å²) in [4.78, 5) is 0. The monoisotopic (exact) mass is 402 g/mol. The third-order valence-electron chi connectivity index (χ3n) is 8.46. The first-order valence-electron chi connectivity index (χ1n) is 12.2. The van der Waals surface area contributed by atoms with Crippen LogP contribution in [0.5, 0.6) is 0 Å². The van der Waals surface area contributed by atoms with Crippen LogP contribution in [0.1, 0.15) is 69.3 Å². The van der Waals surface area contributed by atoms with Crippen LogP contribution in [-0.4, -0.2) is 17.2 Å². The number of hydrogen-bond donors (Lipinski definition) is 2.